The molecule has 1 amide bonds. The van der Waals surface area contributed by atoms with Gasteiger partial charge in [0, 0.05) is 18.6 Å². The third-order valence-electron chi connectivity index (χ3n) is 7.14. The van der Waals surface area contributed by atoms with Crippen LogP contribution in [0.1, 0.15) is 58.1 Å². The molecule has 6 heteroatoms. The van der Waals surface area contributed by atoms with E-state index in [4.69, 9.17) is 0 Å². The predicted molar refractivity (Wildman–Crippen MR) is 102 cm³/mol. The Morgan fingerprint density at radius 1 is 1.23 bits per heavy atom. The average Bonchev–Trinajstić information content (AvgIpc) is 3.26. The summed E-state index contributed by atoms with van der Waals surface area (Å²) in [5.74, 6) is -0.487. The van der Waals surface area contributed by atoms with E-state index in [1.54, 1.807) is 6.07 Å². The SMILES string of the molecule is CC1(C)C(=O)N(C2CC(N3CCCC4(CC4)C3)C2)c2cc(Br)c(F)nc21. The lowest BCUT2D eigenvalue weighted by molar-refractivity contribution is -0.123. The molecule has 1 spiro atoms. The molecule has 5 rings (SSSR count). The number of aromatic nitrogens is 1. The van der Waals surface area contributed by atoms with Gasteiger partial charge in [-0.15, -0.1) is 0 Å². The summed E-state index contributed by atoms with van der Waals surface area (Å²) in [5, 5.41) is 0. The predicted octanol–water partition coefficient (Wildman–Crippen LogP) is 4.01. The molecular formula is C20H25BrFN3O. The fourth-order valence-corrected chi connectivity index (χ4v) is 5.49. The molecule has 3 heterocycles. The molecule has 4 aliphatic rings. The maximum Gasteiger partial charge on any atom is 0.239 e. The number of nitrogens with zero attached hydrogens (tertiary/aromatic N) is 3. The van der Waals surface area contributed by atoms with Crippen molar-refractivity contribution in [2.75, 3.05) is 18.0 Å². The summed E-state index contributed by atoms with van der Waals surface area (Å²) in [7, 11) is 0. The van der Waals surface area contributed by atoms with Crippen LogP contribution < -0.4 is 4.90 Å². The van der Waals surface area contributed by atoms with Gasteiger partial charge in [-0.2, -0.15) is 4.39 Å². The number of hydrogen-bond donors (Lipinski definition) is 0. The van der Waals surface area contributed by atoms with Crippen molar-refractivity contribution in [1.29, 1.82) is 0 Å². The molecule has 140 valence electrons. The first-order valence-corrected chi connectivity index (χ1v) is 10.5. The number of rotatable bonds is 2. The quantitative estimate of drug-likeness (QED) is 0.676. The summed E-state index contributed by atoms with van der Waals surface area (Å²) in [6, 6.07) is 2.54. The fraction of sp³-hybridized carbons (Fsp3) is 0.700. The first kappa shape index (κ1) is 17.1. The Kier molecular flexibility index (Phi) is 3.62. The van der Waals surface area contributed by atoms with Gasteiger partial charge in [-0.1, -0.05) is 0 Å². The molecule has 0 aromatic carbocycles. The Bertz CT molecular complexity index is 786. The molecule has 1 aromatic rings. The van der Waals surface area contributed by atoms with E-state index in [1.165, 1.54) is 38.8 Å². The lowest BCUT2D eigenvalue weighted by Crippen LogP contribution is -2.58. The van der Waals surface area contributed by atoms with Crippen molar-refractivity contribution in [3.8, 4) is 0 Å². The van der Waals surface area contributed by atoms with E-state index in [2.05, 4.69) is 25.8 Å². The highest BCUT2D eigenvalue weighted by Crippen LogP contribution is 2.53. The number of amides is 1. The number of hydrogen-bond acceptors (Lipinski definition) is 3. The van der Waals surface area contributed by atoms with E-state index in [9.17, 15) is 9.18 Å². The maximum atomic E-state index is 14.0. The molecule has 0 atom stereocenters. The molecule has 2 saturated carbocycles. The molecule has 3 fully saturated rings. The Balaban J connectivity index is 1.36. The van der Waals surface area contributed by atoms with Crippen molar-refractivity contribution in [1.82, 2.24) is 9.88 Å². The summed E-state index contributed by atoms with van der Waals surface area (Å²) in [5.41, 5.74) is 1.23. The minimum Gasteiger partial charge on any atom is -0.307 e. The summed E-state index contributed by atoms with van der Waals surface area (Å²) >= 11 is 3.23. The van der Waals surface area contributed by atoms with Crippen molar-refractivity contribution in [3.63, 3.8) is 0 Å². The van der Waals surface area contributed by atoms with E-state index in [1.807, 2.05) is 18.7 Å². The number of piperidine rings is 1. The molecule has 1 aromatic heterocycles. The summed E-state index contributed by atoms with van der Waals surface area (Å²) in [4.78, 5) is 21.7. The lowest BCUT2D eigenvalue weighted by Gasteiger charge is -2.49. The Morgan fingerprint density at radius 3 is 2.65 bits per heavy atom. The molecule has 0 N–H and O–H groups in total. The highest BCUT2D eigenvalue weighted by molar-refractivity contribution is 9.10. The molecule has 1 saturated heterocycles. The Morgan fingerprint density at radius 2 is 1.96 bits per heavy atom. The third kappa shape index (κ3) is 2.40. The van der Waals surface area contributed by atoms with Gasteiger partial charge in [0.2, 0.25) is 11.9 Å². The standard InChI is InChI=1S/C20H25BrFN3O/c1-19(2)16-15(10-14(21)17(22)23-16)25(18(19)26)13-8-12(9-13)24-7-3-4-20(11-24)5-6-20/h10,12-13H,3-9,11H2,1-2H3. The second-order valence-corrected chi connectivity index (χ2v) is 10.1. The van der Waals surface area contributed by atoms with Crippen LogP contribution in [0.15, 0.2) is 10.5 Å². The van der Waals surface area contributed by atoms with Crippen LogP contribution in [0, 0.1) is 11.4 Å². The van der Waals surface area contributed by atoms with E-state index in [0.717, 1.165) is 18.5 Å². The van der Waals surface area contributed by atoms with Crippen LogP contribution in [-0.2, 0) is 10.2 Å². The molecule has 0 bridgehead atoms. The second kappa shape index (κ2) is 5.51. The number of carbonyl (C=O) groups excluding carboxylic acids is 1. The molecular weight excluding hydrogens is 397 g/mol. The van der Waals surface area contributed by atoms with Crippen LogP contribution in [0.3, 0.4) is 0 Å². The third-order valence-corrected chi connectivity index (χ3v) is 7.69. The maximum absolute atomic E-state index is 14.0. The van der Waals surface area contributed by atoms with Gasteiger partial charge >= 0.3 is 0 Å². The van der Waals surface area contributed by atoms with Gasteiger partial charge in [0.15, 0.2) is 0 Å². The zero-order valence-electron chi connectivity index (χ0n) is 15.4. The first-order chi connectivity index (χ1) is 12.3. The van der Waals surface area contributed by atoms with Gasteiger partial charge in [0.25, 0.3) is 0 Å². The summed E-state index contributed by atoms with van der Waals surface area (Å²) in [6.45, 7) is 6.16. The normalized spacial score (nSPS) is 31.8. The number of halogens is 2. The molecule has 2 aliphatic carbocycles. The largest absolute Gasteiger partial charge is 0.307 e. The minimum absolute atomic E-state index is 0.0539. The van der Waals surface area contributed by atoms with E-state index < -0.39 is 11.4 Å². The zero-order valence-corrected chi connectivity index (χ0v) is 17.0. The summed E-state index contributed by atoms with van der Waals surface area (Å²) < 4.78 is 14.3. The monoisotopic (exact) mass is 421 g/mol. The van der Waals surface area contributed by atoms with Crippen LogP contribution in [-0.4, -0.2) is 41.0 Å². The second-order valence-electron chi connectivity index (χ2n) is 9.28. The van der Waals surface area contributed by atoms with Gasteiger partial charge in [-0.05, 0) is 86.3 Å². The molecule has 0 unspecified atom stereocenters. The van der Waals surface area contributed by atoms with E-state index in [0.29, 0.717) is 21.6 Å². The number of fused-ring (bicyclic) bond motifs is 1. The lowest BCUT2D eigenvalue weighted by atomic mass is 9.81. The van der Waals surface area contributed by atoms with Gasteiger partial charge in [-0.3, -0.25) is 9.69 Å². The topological polar surface area (TPSA) is 36.4 Å². The van der Waals surface area contributed by atoms with Gasteiger partial charge in [0.1, 0.15) is 0 Å². The highest BCUT2D eigenvalue weighted by Gasteiger charge is 2.53. The number of pyridine rings is 1. The Labute approximate surface area is 162 Å². The van der Waals surface area contributed by atoms with E-state index in [-0.39, 0.29) is 11.9 Å². The highest BCUT2D eigenvalue weighted by atomic mass is 79.9. The summed E-state index contributed by atoms with van der Waals surface area (Å²) in [6.07, 6.45) is 7.56. The smallest absolute Gasteiger partial charge is 0.239 e. The van der Waals surface area contributed by atoms with Gasteiger partial charge in [0.05, 0.1) is 21.3 Å². The van der Waals surface area contributed by atoms with Crippen molar-refractivity contribution in [2.45, 2.75) is 69.9 Å². The number of carbonyl (C=O) groups is 1. The number of anilines is 1. The van der Waals surface area contributed by atoms with Gasteiger partial charge in [-0.25, -0.2) is 4.98 Å². The molecule has 2 aliphatic heterocycles. The molecule has 4 nitrogen and oxygen atoms in total. The first-order valence-electron chi connectivity index (χ1n) is 9.75. The van der Waals surface area contributed by atoms with Crippen LogP contribution in [0.2, 0.25) is 0 Å². The Hall–Kier alpha value is -1.01. The zero-order chi connectivity index (χ0) is 18.3. The molecule has 26 heavy (non-hydrogen) atoms. The van der Waals surface area contributed by atoms with Crippen LogP contribution in [0.25, 0.3) is 0 Å². The van der Waals surface area contributed by atoms with Crippen molar-refractivity contribution in [2.24, 2.45) is 5.41 Å². The van der Waals surface area contributed by atoms with Crippen molar-refractivity contribution >= 4 is 27.5 Å². The fourth-order valence-electron chi connectivity index (χ4n) is 5.19. The van der Waals surface area contributed by atoms with E-state index >= 15 is 0 Å². The van der Waals surface area contributed by atoms with Crippen molar-refractivity contribution < 1.29 is 9.18 Å². The van der Waals surface area contributed by atoms with Crippen LogP contribution >= 0.6 is 15.9 Å². The van der Waals surface area contributed by atoms with Crippen LogP contribution in [0.4, 0.5) is 10.1 Å². The van der Waals surface area contributed by atoms with Crippen LogP contribution in [0.5, 0.6) is 0 Å². The average molecular weight is 422 g/mol. The molecule has 0 radical (unpaired) electrons. The van der Waals surface area contributed by atoms with Crippen molar-refractivity contribution in [3.05, 3.63) is 22.2 Å². The van der Waals surface area contributed by atoms with Gasteiger partial charge < -0.3 is 4.90 Å². The number of likely N-dealkylation sites (tertiary alicyclic amines) is 1. The minimum atomic E-state index is -0.759.